The summed E-state index contributed by atoms with van der Waals surface area (Å²) in [5, 5.41) is 0. The van der Waals surface area contributed by atoms with Crippen molar-refractivity contribution in [1.29, 1.82) is 0 Å². The lowest BCUT2D eigenvalue weighted by atomic mass is 9.98. The van der Waals surface area contributed by atoms with Crippen LogP contribution in [-0.4, -0.2) is 0 Å². The highest BCUT2D eigenvalue weighted by molar-refractivity contribution is 5.51. The summed E-state index contributed by atoms with van der Waals surface area (Å²) in [7, 11) is 0. The first-order valence-corrected chi connectivity index (χ1v) is 6.01. The minimum Gasteiger partial charge on any atom is -0.207 e. The van der Waals surface area contributed by atoms with Crippen molar-refractivity contribution in [2.24, 2.45) is 0 Å². The Morgan fingerprint density at radius 1 is 0.842 bits per heavy atom. The van der Waals surface area contributed by atoms with Gasteiger partial charge in [-0.1, -0.05) is 42.5 Å². The van der Waals surface area contributed by atoms with Crippen LogP contribution in [0.4, 0.5) is 8.78 Å². The maximum absolute atomic E-state index is 12.9. The van der Waals surface area contributed by atoms with E-state index in [0.717, 1.165) is 11.1 Å². The van der Waals surface area contributed by atoms with E-state index in [0.29, 0.717) is 0 Å². The quantitative estimate of drug-likeness (QED) is 0.679. The third-order valence-corrected chi connectivity index (χ3v) is 2.87. The Balaban J connectivity index is 2.17. The average molecular weight is 256 g/mol. The highest BCUT2D eigenvalue weighted by atomic mass is 19.1. The lowest BCUT2D eigenvalue weighted by Crippen LogP contribution is -1.90. The van der Waals surface area contributed by atoms with Crippen LogP contribution >= 0.6 is 0 Å². The Hall–Kier alpha value is -2.22. The van der Waals surface area contributed by atoms with Crippen molar-refractivity contribution < 1.29 is 8.78 Å². The van der Waals surface area contributed by atoms with Gasteiger partial charge in [0.1, 0.15) is 11.6 Å². The number of hydrogen-bond acceptors (Lipinski definition) is 0. The summed E-state index contributed by atoms with van der Waals surface area (Å²) in [6.45, 7) is 3.78. The fourth-order valence-electron chi connectivity index (χ4n) is 1.80. The van der Waals surface area contributed by atoms with Gasteiger partial charge in [0, 0.05) is 5.92 Å². The van der Waals surface area contributed by atoms with Gasteiger partial charge < -0.3 is 0 Å². The van der Waals surface area contributed by atoms with E-state index in [2.05, 4.69) is 6.58 Å². The smallest absolute Gasteiger partial charge is 0.123 e. The van der Waals surface area contributed by atoms with Gasteiger partial charge in [-0.05, 0) is 35.4 Å². The van der Waals surface area contributed by atoms with Gasteiger partial charge in [-0.25, -0.2) is 8.78 Å². The second-order valence-corrected chi connectivity index (χ2v) is 4.22. The highest BCUT2D eigenvalue weighted by Gasteiger charge is 2.03. The molecule has 2 rings (SSSR count). The van der Waals surface area contributed by atoms with Crippen LogP contribution in [0.3, 0.4) is 0 Å². The predicted molar refractivity (Wildman–Crippen MR) is 74.8 cm³/mol. The monoisotopic (exact) mass is 256 g/mol. The van der Waals surface area contributed by atoms with E-state index < -0.39 is 0 Å². The fraction of sp³-hybridized carbons (Fsp3) is 0.0588. The molecule has 0 saturated carbocycles. The van der Waals surface area contributed by atoms with E-state index in [9.17, 15) is 8.78 Å². The van der Waals surface area contributed by atoms with Crippen LogP contribution < -0.4 is 0 Å². The second kappa shape index (κ2) is 6.10. The van der Waals surface area contributed by atoms with E-state index in [1.165, 1.54) is 24.3 Å². The molecule has 0 nitrogen and oxygen atoms in total. The van der Waals surface area contributed by atoms with Crippen molar-refractivity contribution in [3.63, 3.8) is 0 Å². The Kier molecular flexibility index (Phi) is 4.24. The third kappa shape index (κ3) is 3.62. The van der Waals surface area contributed by atoms with Crippen molar-refractivity contribution in [3.05, 3.63) is 90.0 Å². The molecule has 0 radical (unpaired) electrons. The van der Waals surface area contributed by atoms with Crippen LogP contribution in [0.2, 0.25) is 0 Å². The van der Waals surface area contributed by atoms with Crippen molar-refractivity contribution >= 4 is 6.08 Å². The van der Waals surface area contributed by atoms with Crippen LogP contribution in [0.1, 0.15) is 17.0 Å². The van der Waals surface area contributed by atoms with Crippen molar-refractivity contribution in [3.8, 4) is 0 Å². The van der Waals surface area contributed by atoms with E-state index in [-0.39, 0.29) is 17.6 Å². The molecule has 0 aliphatic heterocycles. The molecule has 19 heavy (non-hydrogen) atoms. The first kappa shape index (κ1) is 13.2. The van der Waals surface area contributed by atoms with Gasteiger partial charge in [0.25, 0.3) is 0 Å². The van der Waals surface area contributed by atoms with Crippen LogP contribution in [0.15, 0.2) is 67.3 Å². The summed E-state index contributed by atoms with van der Waals surface area (Å²) in [6.07, 6.45) is 5.63. The van der Waals surface area contributed by atoms with E-state index in [1.54, 1.807) is 30.3 Å². The Morgan fingerprint density at radius 2 is 1.37 bits per heavy atom. The van der Waals surface area contributed by atoms with Gasteiger partial charge in [-0.2, -0.15) is 0 Å². The molecule has 0 fully saturated rings. The molecule has 0 spiro atoms. The third-order valence-electron chi connectivity index (χ3n) is 2.87. The summed E-state index contributed by atoms with van der Waals surface area (Å²) in [5.74, 6) is -0.504. The number of benzene rings is 2. The first-order valence-electron chi connectivity index (χ1n) is 6.01. The molecule has 2 aromatic carbocycles. The summed E-state index contributed by atoms with van der Waals surface area (Å²) < 4.78 is 25.6. The van der Waals surface area contributed by atoms with E-state index in [4.69, 9.17) is 0 Å². The van der Waals surface area contributed by atoms with Crippen LogP contribution in [0.25, 0.3) is 6.08 Å². The molecule has 0 N–H and O–H groups in total. The lowest BCUT2D eigenvalue weighted by Gasteiger charge is -2.07. The molecule has 96 valence electrons. The molecule has 0 aliphatic carbocycles. The highest BCUT2D eigenvalue weighted by Crippen LogP contribution is 2.20. The molecule has 0 aliphatic rings. The standard InChI is InChI=1S/C17H14F2/c1-2-14(15-7-11-17(19)12-8-15)6-3-13-4-9-16(18)10-5-13/h2-12,14H,1H2/b6-3+/t14-/m0/s1. The Bertz CT molecular complexity index is 565. The SMILES string of the molecule is C=C[C@@H](/C=C/c1ccc(F)cc1)c1ccc(F)cc1. The molecule has 2 aromatic rings. The van der Waals surface area contributed by atoms with Gasteiger partial charge in [0.2, 0.25) is 0 Å². The van der Waals surface area contributed by atoms with Crippen molar-refractivity contribution in [2.75, 3.05) is 0 Å². The Labute approximate surface area is 111 Å². The first-order chi connectivity index (χ1) is 9.19. The molecule has 0 unspecified atom stereocenters. The normalized spacial score (nSPS) is 12.5. The zero-order valence-corrected chi connectivity index (χ0v) is 10.4. The topological polar surface area (TPSA) is 0 Å². The van der Waals surface area contributed by atoms with Crippen LogP contribution in [0, 0.1) is 11.6 Å². The average Bonchev–Trinajstić information content (AvgIpc) is 2.43. The molecular formula is C17H14F2. The molecule has 2 heteroatoms. The molecule has 1 atom stereocenters. The molecule has 0 saturated heterocycles. The summed E-state index contributed by atoms with van der Waals surface area (Å²) in [5.41, 5.74) is 1.88. The summed E-state index contributed by atoms with van der Waals surface area (Å²) >= 11 is 0. The van der Waals surface area contributed by atoms with E-state index >= 15 is 0 Å². The molecule has 0 heterocycles. The van der Waals surface area contributed by atoms with Gasteiger partial charge in [0.05, 0.1) is 0 Å². The van der Waals surface area contributed by atoms with Gasteiger partial charge in [-0.15, -0.1) is 6.58 Å². The van der Waals surface area contributed by atoms with Gasteiger partial charge >= 0.3 is 0 Å². The molecule has 0 aromatic heterocycles. The van der Waals surface area contributed by atoms with Crippen LogP contribution in [0.5, 0.6) is 0 Å². The van der Waals surface area contributed by atoms with Gasteiger partial charge in [0.15, 0.2) is 0 Å². The van der Waals surface area contributed by atoms with E-state index in [1.807, 2.05) is 12.2 Å². The number of rotatable bonds is 4. The summed E-state index contributed by atoms with van der Waals surface area (Å²) in [4.78, 5) is 0. The maximum Gasteiger partial charge on any atom is 0.123 e. The number of allylic oxidation sites excluding steroid dienone is 2. The summed E-state index contributed by atoms with van der Waals surface area (Å²) in [6, 6.07) is 12.6. The van der Waals surface area contributed by atoms with Gasteiger partial charge in [-0.3, -0.25) is 0 Å². The van der Waals surface area contributed by atoms with Crippen LogP contribution in [-0.2, 0) is 0 Å². The van der Waals surface area contributed by atoms with Crippen molar-refractivity contribution in [1.82, 2.24) is 0 Å². The lowest BCUT2D eigenvalue weighted by molar-refractivity contribution is 0.627. The molecule has 0 bridgehead atoms. The van der Waals surface area contributed by atoms with Crippen molar-refractivity contribution in [2.45, 2.75) is 5.92 Å². The maximum atomic E-state index is 12.9. The zero-order chi connectivity index (χ0) is 13.7. The number of halogens is 2. The Morgan fingerprint density at radius 3 is 1.89 bits per heavy atom. The molecule has 0 amide bonds. The minimum atomic E-state index is -0.255. The second-order valence-electron chi connectivity index (χ2n) is 4.22. The minimum absolute atomic E-state index is 0.00523. The zero-order valence-electron chi connectivity index (χ0n) is 10.4. The molecular weight excluding hydrogens is 242 g/mol. The number of hydrogen-bond donors (Lipinski definition) is 0. The fourth-order valence-corrected chi connectivity index (χ4v) is 1.80. The predicted octanol–water partition coefficient (Wildman–Crippen LogP) is 4.95. The largest absolute Gasteiger partial charge is 0.207 e.